The molecule has 0 spiro atoms. The van der Waals surface area contributed by atoms with Gasteiger partial charge in [0.1, 0.15) is 5.82 Å². The number of nitrogens with zero attached hydrogens (tertiary/aromatic N) is 1. The zero-order valence-electron chi connectivity index (χ0n) is 10.3. The Labute approximate surface area is 110 Å². The monoisotopic (exact) mass is 251 g/mol. The fourth-order valence-corrected chi connectivity index (χ4v) is 2.10. The third kappa shape index (κ3) is 2.47. The Balaban J connectivity index is 1.88. The Kier molecular flexibility index (Phi) is 2.98. The maximum absolute atomic E-state index is 11.2. The minimum Gasteiger partial charge on any atom is -0.366 e. The largest absolute Gasteiger partial charge is 0.366 e. The number of anilines is 1. The molecule has 0 saturated heterocycles. The maximum Gasteiger partial charge on any atom is 0.252 e. The van der Waals surface area contributed by atoms with Gasteiger partial charge >= 0.3 is 0 Å². The van der Waals surface area contributed by atoms with E-state index in [-0.39, 0.29) is 5.56 Å². The first kappa shape index (κ1) is 11.5. The van der Waals surface area contributed by atoms with Crippen LogP contribution in [0, 0.1) is 0 Å². The molecule has 0 fully saturated rings. The van der Waals surface area contributed by atoms with Crippen molar-refractivity contribution in [2.45, 2.75) is 6.54 Å². The van der Waals surface area contributed by atoms with Crippen LogP contribution in [-0.2, 0) is 6.54 Å². The summed E-state index contributed by atoms with van der Waals surface area (Å²) in [5, 5.41) is 5.58. The summed E-state index contributed by atoms with van der Waals surface area (Å²) in [4.78, 5) is 17.7. The van der Waals surface area contributed by atoms with Crippen molar-refractivity contribution in [1.82, 2.24) is 9.97 Å². The highest BCUT2D eigenvalue weighted by atomic mass is 16.1. The molecule has 2 N–H and O–H groups in total. The first-order chi connectivity index (χ1) is 9.33. The Hall–Kier alpha value is -2.62. The van der Waals surface area contributed by atoms with E-state index >= 15 is 0 Å². The Morgan fingerprint density at radius 2 is 1.95 bits per heavy atom. The number of aromatic amines is 1. The van der Waals surface area contributed by atoms with E-state index < -0.39 is 0 Å². The van der Waals surface area contributed by atoms with Crippen LogP contribution in [0.2, 0.25) is 0 Å². The third-order valence-corrected chi connectivity index (χ3v) is 3.02. The lowest BCUT2D eigenvalue weighted by Crippen LogP contribution is -2.09. The van der Waals surface area contributed by atoms with Gasteiger partial charge in [-0.1, -0.05) is 42.5 Å². The third-order valence-electron chi connectivity index (χ3n) is 3.02. The summed E-state index contributed by atoms with van der Waals surface area (Å²) in [7, 11) is 0. The molecule has 1 heterocycles. The Bertz CT molecular complexity index is 759. The van der Waals surface area contributed by atoms with Crippen LogP contribution >= 0.6 is 0 Å². The standard InChI is InChI=1S/C15H13N3O/c19-15-8-14(17-10-18-15)16-9-12-6-3-5-11-4-1-2-7-13(11)12/h1-8,10H,9H2,(H2,16,17,18,19). The zero-order valence-corrected chi connectivity index (χ0v) is 10.3. The van der Waals surface area contributed by atoms with E-state index in [9.17, 15) is 4.79 Å². The summed E-state index contributed by atoms with van der Waals surface area (Å²) in [6.45, 7) is 0.637. The number of rotatable bonds is 3. The zero-order chi connectivity index (χ0) is 13.1. The second-order valence-corrected chi connectivity index (χ2v) is 4.29. The molecule has 0 atom stereocenters. The minimum atomic E-state index is -0.157. The number of aromatic nitrogens is 2. The van der Waals surface area contributed by atoms with Gasteiger partial charge in [-0.25, -0.2) is 4.98 Å². The van der Waals surface area contributed by atoms with Crippen LogP contribution in [0.15, 0.2) is 59.7 Å². The van der Waals surface area contributed by atoms with Gasteiger partial charge in [-0.3, -0.25) is 4.79 Å². The highest BCUT2D eigenvalue weighted by Crippen LogP contribution is 2.19. The second kappa shape index (κ2) is 4.94. The number of H-pyrrole nitrogens is 1. The molecule has 3 aromatic rings. The van der Waals surface area contributed by atoms with Crippen LogP contribution < -0.4 is 10.9 Å². The highest BCUT2D eigenvalue weighted by molar-refractivity contribution is 5.85. The summed E-state index contributed by atoms with van der Waals surface area (Å²) in [6.07, 6.45) is 1.40. The number of benzene rings is 2. The lowest BCUT2D eigenvalue weighted by Gasteiger charge is -2.08. The van der Waals surface area contributed by atoms with Crippen LogP contribution in [0.4, 0.5) is 5.82 Å². The van der Waals surface area contributed by atoms with Crippen molar-refractivity contribution in [2.75, 3.05) is 5.32 Å². The molecule has 1 aromatic heterocycles. The van der Waals surface area contributed by atoms with Gasteiger partial charge in [0.05, 0.1) is 6.33 Å². The molecule has 0 bridgehead atoms. The molecule has 4 nitrogen and oxygen atoms in total. The quantitative estimate of drug-likeness (QED) is 0.752. The van der Waals surface area contributed by atoms with Crippen LogP contribution in [0.3, 0.4) is 0 Å². The van der Waals surface area contributed by atoms with Crippen molar-refractivity contribution < 1.29 is 0 Å². The van der Waals surface area contributed by atoms with Crippen molar-refractivity contribution in [3.05, 3.63) is 70.8 Å². The lowest BCUT2D eigenvalue weighted by molar-refractivity contribution is 1.07. The SMILES string of the molecule is O=c1cc(NCc2cccc3ccccc23)nc[nH]1. The second-order valence-electron chi connectivity index (χ2n) is 4.29. The fourth-order valence-electron chi connectivity index (χ4n) is 2.10. The number of hydrogen-bond donors (Lipinski definition) is 2. The molecule has 0 saturated carbocycles. The summed E-state index contributed by atoms with van der Waals surface area (Å²) < 4.78 is 0. The van der Waals surface area contributed by atoms with Gasteiger partial charge in [0.15, 0.2) is 0 Å². The van der Waals surface area contributed by atoms with E-state index in [0.717, 1.165) is 0 Å². The number of hydrogen-bond acceptors (Lipinski definition) is 3. The van der Waals surface area contributed by atoms with Crippen LogP contribution in [-0.4, -0.2) is 9.97 Å². The fraction of sp³-hybridized carbons (Fsp3) is 0.0667. The molecule has 2 aromatic carbocycles. The highest BCUT2D eigenvalue weighted by Gasteiger charge is 2.00. The van der Waals surface area contributed by atoms with Crippen LogP contribution in [0.1, 0.15) is 5.56 Å². The smallest absolute Gasteiger partial charge is 0.252 e. The summed E-state index contributed by atoms with van der Waals surface area (Å²) in [6, 6.07) is 15.9. The van der Waals surface area contributed by atoms with E-state index in [2.05, 4.69) is 39.6 Å². The molecule has 0 aliphatic rings. The van der Waals surface area contributed by atoms with E-state index in [1.165, 1.54) is 28.7 Å². The maximum atomic E-state index is 11.2. The molecule has 4 heteroatoms. The molecular formula is C15H13N3O. The van der Waals surface area contributed by atoms with Gasteiger partial charge < -0.3 is 10.3 Å². The topological polar surface area (TPSA) is 57.8 Å². The molecule has 0 aliphatic heterocycles. The first-order valence-corrected chi connectivity index (χ1v) is 6.08. The van der Waals surface area contributed by atoms with Gasteiger partial charge in [-0.05, 0) is 16.3 Å². The van der Waals surface area contributed by atoms with Gasteiger partial charge in [0.2, 0.25) is 0 Å². The summed E-state index contributed by atoms with van der Waals surface area (Å²) in [5.74, 6) is 0.580. The van der Waals surface area contributed by atoms with E-state index in [1.54, 1.807) is 0 Å². The van der Waals surface area contributed by atoms with Gasteiger partial charge in [0.25, 0.3) is 5.56 Å². The average molecular weight is 251 g/mol. The van der Waals surface area contributed by atoms with Crippen molar-refractivity contribution >= 4 is 16.6 Å². The first-order valence-electron chi connectivity index (χ1n) is 6.08. The minimum absolute atomic E-state index is 0.157. The molecule has 19 heavy (non-hydrogen) atoms. The molecule has 0 radical (unpaired) electrons. The van der Waals surface area contributed by atoms with Crippen molar-refractivity contribution in [1.29, 1.82) is 0 Å². The molecule has 3 rings (SSSR count). The van der Waals surface area contributed by atoms with Crippen molar-refractivity contribution in [2.24, 2.45) is 0 Å². The van der Waals surface area contributed by atoms with E-state index in [4.69, 9.17) is 0 Å². The predicted octanol–water partition coefficient (Wildman–Crippen LogP) is 2.54. The number of nitrogens with one attached hydrogen (secondary N) is 2. The van der Waals surface area contributed by atoms with Crippen molar-refractivity contribution in [3.63, 3.8) is 0 Å². The van der Waals surface area contributed by atoms with E-state index in [0.29, 0.717) is 12.4 Å². The number of fused-ring (bicyclic) bond motifs is 1. The van der Waals surface area contributed by atoms with Crippen molar-refractivity contribution in [3.8, 4) is 0 Å². The van der Waals surface area contributed by atoms with E-state index in [1.807, 2.05) is 18.2 Å². The molecule has 0 aliphatic carbocycles. The predicted molar refractivity (Wildman–Crippen MR) is 76.1 cm³/mol. The molecule has 0 amide bonds. The summed E-state index contributed by atoms with van der Waals surface area (Å²) >= 11 is 0. The molecule has 94 valence electrons. The van der Waals surface area contributed by atoms with Crippen LogP contribution in [0.5, 0.6) is 0 Å². The molecular weight excluding hydrogens is 238 g/mol. The Morgan fingerprint density at radius 1 is 1.11 bits per heavy atom. The van der Waals surface area contributed by atoms with Crippen LogP contribution in [0.25, 0.3) is 10.8 Å². The van der Waals surface area contributed by atoms with Gasteiger partial charge in [-0.15, -0.1) is 0 Å². The lowest BCUT2D eigenvalue weighted by atomic mass is 10.0. The average Bonchev–Trinajstić information content (AvgIpc) is 2.45. The van der Waals surface area contributed by atoms with Gasteiger partial charge in [0, 0.05) is 12.6 Å². The molecule has 0 unspecified atom stereocenters. The summed E-state index contributed by atoms with van der Waals surface area (Å²) in [5.41, 5.74) is 1.02. The van der Waals surface area contributed by atoms with Gasteiger partial charge in [-0.2, -0.15) is 0 Å². The Morgan fingerprint density at radius 3 is 2.84 bits per heavy atom. The normalized spacial score (nSPS) is 10.5.